The number of carboxylic acids is 1. The average Bonchev–Trinajstić information content (AvgIpc) is 2.29. The van der Waals surface area contributed by atoms with Crippen LogP contribution >= 0.6 is 8.61 Å². The minimum absolute atomic E-state index is 0.279. The highest BCUT2D eigenvalue weighted by molar-refractivity contribution is 7.22. The third-order valence-corrected chi connectivity index (χ3v) is 2.98. The van der Waals surface area contributed by atoms with Crippen molar-refractivity contribution >= 4 is 26.4 Å². The first kappa shape index (κ1) is 16.5. The van der Waals surface area contributed by atoms with Crippen molar-refractivity contribution in [2.75, 3.05) is 0 Å². The number of hydrogen-bond donors (Lipinski definition) is 2. The number of rotatable bonds is 7. The topological polar surface area (TPSA) is 104 Å². The molecule has 0 aromatic rings. The zero-order chi connectivity index (χ0) is 14.3. The second-order valence-corrected chi connectivity index (χ2v) is 4.41. The largest absolute Gasteiger partial charge is 0.480 e. The summed E-state index contributed by atoms with van der Waals surface area (Å²) in [6, 6.07) is -2.13. The van der Waals surface area contributed by atoms with Crippen LogP contribution in [0, 0.1) is 0 Å². The van der Waals surface area contributed by atoms with Crippen molar-refractivity contribution in [2.45, 2.75) is 45.7 Å². The fraction of sp³-hybridized carbons (Fsp3) is 0.700. The summed E-state index contributed by atoms with van der Waals surface area (Å²) in [5.41, 5.74) is 0. The fourth-order valence-electron chi connectivity index (χ4n) is 1.21. The van der Waals surface area contributed by atoms with Crippen molar-refractivity contribution in [3.05, 3.63) is 0 Å². The quantitative estimate of drug-likeness (QED) is 0.669. The van der Waals surface area contributed by atoms with Crippen LogP contribution in [0.3, 0.4) is 0 Å². The van der Waals surface area contributed by atoms with Crippen molar-refractivity contribution < 1.29 is 24.1 Å². The van der Waals surface area contributed by atoms with Gasteiger partial charge in [0.05, 0.1) is 0 Å². The van der Waals surface area contributed by atoms with Crippen LogP contribution in [0.1, 0.15) is 33.6 Å². The van der Waals surface area contributed by atoms with Gasteiger partial charge in [0.1, 0.15) is 12.1 Å². The van der Waals surface area contributed by atoms with E-state index in [2.05, 4.69) is 5.32 Å². The number of nitrogens with one attached hydrogen (secondary N) is 1. The molecule has 0 aromatic carbocycles. The van der Waals surface area contributed by atoms with Gasteiger partial charge in [-0.05, 0) is 20.3 Å². The summed E-state index contributed by atoms with van der Waals surface area (Å²) in [6.07, 6.45) is 0.920. The van der Waals surface area contributed by atoms with Gasteiger partial charge in [-0.1, -0.05) is 6.92 Å². The average molecular weight is 276 g/mol. The summed E-state index contributed by atoms with van der Waals surface area (Å²) in [7, 11) is -0.710. The number of hydrogen-bond acceptors (Lipinski definition) is 4. The Morgan fingerprint density at radius 3 is 2.28 bits per heavy atom. The lowest BCUT2D eigenvalue weighted by atomic mass is 10.2. The van der Waals surface area contributed by atoms with Crippen LogP contribution in [0.4, 0.5) is 0 Å². The molecule has 0 unspecified atom stereocenters. The predicted molar refractivity (Wildman–Crippen MR) is 64.1 cm³/mol. The summed E-state index contributed by atoms with van der Waals surface area (Å²) in [6.45, 7) is 4.48. The molecule has 2 atom stereocenters. The molecule has 0 spiro atoms. The molecule has 0 aromatic heterocycles. The van der Waals surface area contributed by atoms with Crippen LogP contribution in [0.25, 0.3) is 0 Å². The minimum Gasteiger partial charge on any atom is -0.480 e. The van der Waals surface area contributed by atoms with Crippen molar-refractivity contribution in [1.29, 1.82) is 0 Å². The molecule has 18 heavy (non-hydrogen) atoms. The van der Waals surface area contributed by atoms with Crippen molar-refractivity contribution in [3.63, 3.8) is 0 Å². The number of carbonyl (C=O) groups is 3. The molecule has 0 aliphatic rings. The zero-order valence-corrected chi connectivity index (χ0v) is 11.4. The maximum Gasteiger partial charge on any atom is 0.326 e. The van der Waals surface area contributed by atoms with Gasteiger partial charge in [0.25, 0.3) is 14.5 Å². The highest BCUT2D eigenvalue weighted by Gasteiger charge is 2.30. The second-order valence-electron chi connectivity index (χ2n) is 3.82. The number of aliphatic carboxylic acids is 1. The molecule has 0 rings (SSSR count). The van der Waals surface area contributed by atoms with Crippen LogP contribution in [0.2, 0.25) is 0 Å². The first-order valence-electron chi connectivity index (χ1n) is 5.53. The molecule has 7 nitrogen and oxygen atoms in total. The van der Waals surface area contributed by atoms with E-state index in [4.69, 9.17) is 5.11 Å². The minimum atomic E-state index is -1.27. The van der Waals surface area contributed by atoms with Crippen LogP contribution in [0.5, 0.6) is 0 Å². The molecule has 0 saturated heterocycles. The van der Waals surface area contributed by atoms with Gasteiger partial charge in [0, 0.05) is 6.42 Å². The zero-order valence-electron chi connectivity index (χ0n) is 10.5. The van der Waals surface area contributed by atoms with Gasteiger partial charge < -0.3 is 10.4 Å². The molecular weight excluding hydrogens is 259 g/mol. The van der Waals surface area contributed by atoms with E-state index in [-0.39, 0.29) is 12.3 Å². The van der Waals surface area contributed by atoms with Gasteiger partial charge in [-0.25, -0.2) is 14.0 Å². The Morgan fingerprint density at radius 2 is 1.89 bits per heavy atom. The summed E-state index contributed by atoms with van der Waals surface area (Å²) < 4.78 is 11.5. The third kappa shape index (κ3) is 4.79. The highest BCUT2D eigenvalue weighted by atomic mass is 31.1. The Hall–Kier alpha value is -1.49. The summed E-state index contributed by atoms with van der Waals surface area (Å²) in [5, 5.41) is 11.2. The van der Waals surface area contributed by atoms with Crippen molar-refractivity contribution in [3.8, 4) is 0 Å². The van der Waals surface area contributed by atoms with Gasteiger partial charge in [0.2, 0.25) is 5.91 Å². The first-order valence-corrected chi connectivity index (χ1v) is 6.30. The van der Waals surface area contributed by atoms with Crippen LogP contribution in [0.15, 0.2) is 0 Å². The molecule has 102 valence electrons. The summed E-state index contributed by atoms with van der Waals surface area (Å²) in [5.74, 6) is -2.27. The standard InChI is InChI=1S/C10H17N2O5P/c1-4-5-8(13)11-6(2)9(14)12(18-17)7(3)10(15)16/h6-7H,4-5H2,1-3H3,(H,11,13)(H,15,16)/t6-,7-/m0/s1. The van der Waals surface area contributed by atoms with Gasteiger partial charge in [-0.15, -0.1) is 0 Å². The molecule has 0 aliphatic heterocycles. The van der Waals surface area contributed by atoms with Gasteiger partial charge in [0.15, 0.2) is 0 Å². The maximum absolute atomic E-state index is 11.8. The van der Waals surface area contributed by atoms with Crippen LogP contribution in [-0.4, -0.2) is 39.6 Å². The van der Waals surface area contributed by atoms with E-state index in [1.807, 2.05) is 6.92 Å². The Kier molecular flexibility index (Phi) is 7.12. The first-order chi connectivity index (χ1) is 8.34. The molecule has 0 fully saturated rings. The van der Waals surface area contributed by atoms with E-state index in [9.17, 15) is 18.9 Å². The van der Waals surface area contributed by atoms with E-state index in [0.717, 1.165) is 0 Å². The van der Waals surface area contributed by atoms with Crippen molar-refractivity contribution in [2.24, 2.45) is 0 Å². The molecular formula is C10H17N2O5P. The second kappa shape index (κ2) is 7.76. The molecule has 0 saturated carbocycles. The normalized spacial score (nSPS) is 13.7. The van der Waals surface area contributed by atoms with Gasteiger partial charge in [-0.2, -0.15) is 0 Å². The Morgan fingerprint density at radius 1 is 1.33 bits per heavy atom. The lowest BCUT2D eigenvalue weighted by Crippen LogP contribution is -2.48. The lowest BCUT2D eigenvalue weighted by molar-refractivity contribution is -0.146. The highest BCUT2D eigenvalue weighted by Crippen LogP contribution is 2.13. The molecule has 2 N–H and O–H groups in total. The summed E-state index contributed by atoms with van der Waals surface area (Å²) >= 11 is 0. The van der Waals surface area contributed by atoms with Crippen LogP contribution in [-0.2, 0) is 18.9 Å². The van der Waals surface area contributed by atoms with E-state index < -0.39 is 32.6 Å². The Bertz CT molecular complexity index is 347. The molecule has 0 heterocycles. The Balaban J connectivity index is 4.64. The number of carbonyl (C=O) groups excluding carboxylic acids is 2. The van der Waals surface area contributed by atoms with E-state index in [1.165, 1.54) is 13.8 Å². The monoisotopic (exact) mass is 276 g/mol. The maximum atomic E-state index is 11.8. The SMILES string of the molecule is CCCC(=O)N[C@@H](C)C(=O)N(P=O)[C@@H](C)C(=O)O. The Labute approximate surface area is 107 Å². The van der Waals surface area contributed by atoms with E-state index in [1.54, 1.807) is 0 Å². The number of carboxylic acid groups (broad SMARTS) is 1. The van der Waals surface area contributed by atoms with Crippen molar-refractivity contribution in [1.82, 2.24) is 9.99 Å². The predicted octanol–water partition coefficient (Wildman–Crippen LogP) is 0.800. The lowest BCUT2D eigenvalue weighted by Gasteiger charge is -2.22. The van der Waals surface area contributed by atoms with E-state index >= 15 is 0 Å². The molecule has 0 bridgehead atoms. The number of amides is 2. The smallest absolute Gasteiger partial charge is 0.326 e. The summed E-state index contributed by atoms with van der Waals surface area (Å²) in [4.78, 5) is 33.8. The molecule has 2 amide bonds. The van der Waals surface area contributed by atoms with E-state index in [0.29, 0.717) is 11.1 Å². The molecule has 0 aliphatic carbocycles. The fourth-order valence-corrected chi connectivity index (χ4v) is 1.70. The van der Waals surface area contributed by atoms with Crippen LogP contribution < -0.4 is 5.32 Å². The molecule has 0 radical (unpaired) electrons. The van der Waals surface area contributed by atoms with Gasteiger partial charge in [-0.3, -0.25) is 9.59 Å². The number of nitrogens with zero attached hydrogens (tertiary/aromatic N) is 1. The third-order valence-electron chi connectivity index (χ3n) is 2.26. The van der Waals surface area contributed by atoms with Gasteiger partial charge >= 0.3 is 5.97 Å². The molecule has 8 heteroatoms.